The zero-order chi connectivity index (χ0) is 19.4. The Morgan fingerprint density at radius 1 is 1.19 bits per heavy atom. The van der Waals surface area contributed by atoms with Crippen molar-refractivity contribution in [2.75, 3.05) is 6.61 Å². The molecule has 0 radical (unpaired) electrons. The third-order valence-corrected chi connectivity index (χ3v) is 3.94. The summed E-state index contributed by atoms with van der Waals surface area (Å²) in [5.41, 5.74) is 2.46. The number of benzene rings is 1. The molecule has 0 aliphatic carbocycles. The normalized spacial score (nSPS) is 11.9. The van der Waals surface area contributed by atoms with Gasteiger partial charge in [0, 0.05) is 18.4 Å². The number of alkyl halides is 3. The summed E-state index contributed by atoms with van der Waals surface area (Å²) in [4.78, 5) is 4.34. The summed E-state index contributed by atoms with van der Waals surface area (Å²) in [7, 11) is 0. The maximum atomic E-state index is 12.4. The number of rotatable bonds is 7. The predicted molar refractivity (Wildman–Crippen MR) is 92.2 cm³/mol. The molecule has 1 aromatic carbocycles. The lowest BCUT2D eigenvalue weighted by atomic mass is 10.1. The molecule has 0 amide bonds. The Bertz CT molecular complexity index is 925. The number of hydrogen-bond donors (Lipinski definition) is 0. The SMILES string of the molecule is CCCCOCc1nnc2cnc(-c3ccc(OC(F)(F)F)cc3C)cn12. The Hall–Kier alpha value is -2.68. The number of ether oxygens (including phenoxy) is 2. The maximum Gasteiger partial charge on any atom is 0.573 e. The van der Waals surface area contributed by atoms with Gasteiger partial charge in [-0.1, -0.05) is 13.3 Å². The average molecular weight is 380 g/mol. The number of halogens is 3. The van der Waals surface area contributed by atoms with Crippen LogP contribution in [0.2, 0.25) is 0 Å². The first-order valence-corrected chi connectivity index (χ1v) is 8.51. The Kier molecular flexibility index (Phi) is 5.59. The van der Waals surface area contributed by atoms with Crippen molar-refractivity contribution >= 4 is 5.65 Å². The molecule has 2 heterocycles. The lowest BCUT2D eigenvalue weighted by molar-refractivity contribution is -0.274. The van der Waals surface area contributed by atoms with E-state index in [9.17, 15) is 13.2 Å². The van der Waals surface area contributed by atoms with Crippen LogP contribution in [0.3, 0.4) is 0 Å². The highest BCUT2D eigenvalue weighted by molar-refractivity contribution is 5.65. The van der Waals surface area contributed by atoms with Gasteiger partial charge < -0.3 is 9.47 Å². The summed E-state index contributed by atoms with van der Waals surface area (Å²) in [5.74, 6) is 0.374. The Labute approximate surface area is 154 Å². The van der Waals surface area contributed by atoms with E-state index in [-0.39, 0.29) is 5.75 Å². The fourth-order valence-electron chi connectivity index (χ4n) is 2.62. The first-order valence-electron chi connectivity index (χ1n) is 8.51. The molecule has 144 valence electrons. The van der Waals surface area contributed by atoms with Gasteiger partial charge in [0.15, 0.2) is 11.5 Å². The number of fused-ring (bicyclic) bond motifs is 1. The van der Waals surface area contributed by atoms with Crippen LogP contribution in [0, 0.1) is 6.92 Å². The molecule has 2 aromatic heterocycles. The summed E-state index contributed by atoms with van der Waals surface area (Å²) in [6, 6.07) is 4.14. The van der Waals surface area contributed by atoms with Gasteiger partial charge in [0.25, 0.3) is 0 Å². The number of nitrogens with zero attached hydrogens (tertiary/aromatic N) is 4. The molecule has 0 aliphatic heterocycles. The number of aromatic nitrogens is 4. The van der Waals surface area contributed by atoms with E-state index in [0.717, 1.165) is 12.8 Å². The first-order chi connectivity index (χ1) is 12.9. The second kappa shape index (κ2) is 7.91. The third kappa shape index (κ3) is 4.73. The molecule has 0 saturated heterocycles. The molecule has 27 heavy (non-hydrogen) atoms. The standard InChI is InChI=1S/C18H19F3N4O2/c1-3-4-7-26-11-17-24-23-16-9-22-15(10-25(16)17)14-6-5-13(8-12(14)2)27-18(19,20)21/h5-6,8-10H,3-4,7,11H2,1-2H3. The van der Waals surface area contributed by atoms with Crippen LogP contribution in [0.1, 0.15) is 31.2 Å². The minimum Gasteiger partial charge on any atom is -0.406 e. The van der Waals surface area contributed by atoms with Crippen molar-refractivity contribution in [1.29, 1.82) is 0 Å². The predicted octanol–water partition coefficient (Wildman–Crippen LogP) is 4.32. The van der Waals surface area contributed by atoms with Crippen LogP contribution in [-0.2, 0) is 11.3 Å². The summed E-state index contributed by atoms with van der Waals surface area (Å²) < 4.78 is 48.4. The molecule has 0 saturated carbocycles. The smallest absolute Gasteiger partial charge is 0.406 e. The molecule has 0 unspecified atom stereocenters. The van der Waals surface area contributed by atoms with Gasteiger partial charge in [-0.05, 0) is 37.1 Å². The van der Waals surface area contributed by atoms with Crippen molar-refractivity contribution < 1.29 is 22.6 Å². The van der Waals surface area contributed by atoms with Crippen LogP contribution in [0.4, 0.5) is 13.2 Å². The van der Waals surface area contributed by atoms with Gasteiger partial charge in [-0.25, -0.2) is 0 Å². The number of unbranched alkanes of at least 4 members (excludes halogenated alkanes) is 1. The van der Waals surface area contributed by atoms with E-state index < -0.39 is 6.36 Å². The van der Waals surface area contributed by atoms with Gasteiger partial charge in [-0.2, -0.15) is 0 Å². The van der Waals surface area contributed by atoms with Gasteiger partial charge in [0.1, 0.15) is 12.4 Å². The lowest BCUT2D eigenvalue weighted by Gasteiger charge is -2.12. The molecule has 9 heteroatoms. The average Bonchev–Trinajstić information content (AvgIpc) is 3.00. The van der Waals surface area contributed by atoms with Gasteiger partial charge in [-0.15, -0.1) is 23.4 Å². The molecule has 0 fully saturated rings. The summed E-state index contributed by atoms with van der Waals surface area (Å²) in [6.07, 6.45) is 0.606. The number of hydrogen-bond acceptors (Lipinski definition) is 5. The molecule has 3 rings (SSSR count). The van der Waals surface area contributed by atoms with Gasteiger partial charge in [0.05, 0.1) is 11.9 Å². The van der Waals surface area contributed by atoms with E-state index in [4.69, 9.17) is 4.74 Å². The van der Waals surface area contributed by atoms with Crippen molar-refractivity contribution in [3.05, 3.63) is 42.0 Å². The van der Waals surface area contributed by atoms with Crippen LogP contribution in [0.5, 0.6) is 5.75 Å². The zero-order valence-corrected chi connectivity index (χ0v) is 15.0. The van der Waals surface area contributed by atoms with E-state index >= 15 is 0 Å². The topological polar surface area (TPSA) is 61.5 Å². The van der Waals surface area contributed by atoms with E-state index in [1.165, 1.54) is 12.1 Å². The molecule has 0 bridgehead atoms. The van der Waals surface area contributed by atoms with Crippen molar-refractivity contribution in [1.82, 2.24) is 19.6 Å². The van der Waals surface area contributed by atoms with Gasteiger partial charge in [-0.3, -0.25) is 9.38 Å². The second-order valence-electron chi connectivity index (χ2n) is 6.05. The molecule has 0 spiro atoms. The highest BCUT2D eigenvalue weighted by Gasteiger charge is 2.31. The molecule has 0 aliphatic rings. The summed E-state index contributed by atoms with van der Waals surface area (Å²) >= 11 is 0. The minimum atomic E-state index is -4.72. The van der Waals surface area contributed by atoms with Crippen LogP contribution in [0.25, 0.3) is 16.9 Å². The molecular weight excluding hydrogens is 361 g/mol. The highest BCUT2D eigenvalue weighted by atomic mass is 19.4. The molecule has 0 atom stereocenters. The van der Waals surface area contributed by atoms with Gasteiger partial charge in [0.2, 0.25) is 0 Å². The molecule has 3 aromatic rings. The van der Waals surface area contributed by atoms with Crippen molar-refractivity contribution in [2.45, 2.75) is 39.7 Å². The first kappa shape index (κ1) is 19.1. The largest absolute Gasteiger partial charge is 0.573 e. The Morgan fingerprint density at radius 3 is 2.70 bits per heavy atom. The van der Waals surface area contributed by atoms with Crippen molar-refractivity contribution in [3.8, 4) is 17.0 Å². The Morgan fingerprint density at radius 2 is 2.00 bits per heavy atom. The maximum absolute atomic E-state index is 12.4. The monoisotopic (exact) mass is 380 g/mol. The summed E-state index contributed by atoms with van der Waals surface area (Å²) in [6.45, 7) is 4.75. The lowest BCUT2D eigenvalue weighted by Crippen LogP contribution is -2.17. The van der Waals surface area contributed by atoms with Crippen molar-refractivity contribution in [3.63, 3.8) is 0 Å². The minimum absolute atomic E-state index is 0.265. The van der Waals surface area contributed by atoms with E-state index in [2.05, 4.69) is 26.8 Å². The van der Waals surface area contributed by atoms with Crippen LogP contribution < -0.4 is 4.74 Å². The summed E-state index contributed by atoms with van der Waals surface area (Å²) in [5, 5.41) is 8.16. The fourth-order valence-corrected chi connectivity index (χ4v) is 2.62. The van der Waals surface area contributed by atoms with Crippen LogP contribution >= 0.6 is 0 Å². The third-order valence-electron chi connectivity index (χ3n) is 3.94. The number of aryl methyl sites for hydroxylation is 1. The van der Waals surface area contributed by atoms with Crippen LogP contribution in [0.15, 0.2) is 30.6 Å². The van der Waals surface area contributed by atoms with E-state index in [0.29, 0.717) is 41.5 Å². The van der Waals surface area contributed by atoms with Crippen molar-refractivity contribution in [2.24, 2.45) is 0 Å². The molecular formula is C18H19F3N4O2. The van der Waals surface area contributed by atoms with E-state index in [1.54, 1.807) is 29.8 Å². The molecule has 0 N–H and O–H groups in total. The quantitative estimate of drug-likeness (QED) is 0.572. The van der Waals surface area contributed by atoms with E-state index in [1.807, 2.05) is 0 Å². The highest BCUT2D eigenvalue weighted by Crippen LogP contribution is 2.29. The van der Waals surface area contributed by atoms with Gasteiger partial charge >= 0.3 is 6.36 Å². The van der Waals surface area contributed by atoms with Crippen LogP contribution in [-0.4, -0.2) is 32.6 Å². The zero-order valence-electron chi connectivity index (χ0n) is 15.0. The second-order valence-corrected chi connectivity index (χ2v) is 6.05. The fraction of sp³-hybridized carbons (Fsp3) is 0.389. The molecule has 6 nitrogen and oxygen atoms in total. The Balaban J connectivity index is 1.86.